The second-order valence-corrected chi connectivity index (χ2v) is 6.11. The van der Waals surface area contributed by atoms with E-state index in [0.717, 1.165) is 6.54 Å². The van der Waals surface area contributed by atoms with E-state index in [4.69, 9.17) is 4.98 Å². The molecule has 1 N–H and O–H groups in total. The fraction of sp³-hybridized carbons (Fsp3) is 0.750. The number of nitrogens with zero attached hydrogens (tertiary/aromatic N) is 1. The summed E-state index contributed by atoms with van der Waals surface area (Å²) in [5, 5.41) is 7.00. The minimum Gasteiger partial charge on any atom is -0.307 e. The maximum Gasteiger partial charge on any atom is 0.0988 e. The van der Waals surface area contributed by atoms with Crippen LogP contribution in [0, 0.1) is 0 Å². The van der Waals surface area contributed by atoms with Crippen molar-refractivity contribution in [3.63, 3.8) is 0 Å². The van der Waals surface area contributed by atoms with Gasteiger partial charge in [0.25, 0.3) is 0 Å². The number of rotatable bonds is 4. The Labute approximate surface area is 96.1 Å². The highest BCUT2D eigenvalue weighted by Crippen LogP contribution is 2.49. The Kier molecular flexibility index (Phi) is 2.63. The molecule has 2 rings (SSSR count). The number of nitrogens with one attached hydrogen (secondary N) is 1. The van der Waals surface area contributed by atoms with Crippen LogP contribution < -0.4 is 5.32 Å². The molecule has 3 heteroatoms. The summed E-state index contributed by atoms with van der Waals surface area (Å²) in [5.74, 6) is 0. The molecule has 0 radical (unpaired) electrons. The van der Waals surface area contributed by atoms with E-state index in [1.807, 2.05) is 11.3 Å². The Bertz CT molecular complexity index is 350. The zero-order valence-corrected chi connectivity index (χ0v) is 10.9. The molecule has 2 nitrogen and oxygen atoms in total. The first kappa shape index (κ1) is 11.1. The van der Waals surface area contributed by atoms with Gasteiger partial charge < -0.3 is 5.32 Å². The van der Waals surface area contributed by atoms with Crippen molar-refractivity contribution in [3.8, 4) is 0 Å². The maximum absolute atomic E-state index is 4.79. The molecule has 84 valence electrons. The summed E-state index contributed by atoms with van der Waals surface area (Å²) < 4.78 is 0. The van der Waals surface area contributed by atoms with Crippen LogP contribution in [0.2, 0.25) is 0 Å². The van der Waals surface area contributed by atoms with E-state index in [0.29, 0.717) is 5.41 Å². The van der Waals surface area contributed by atoms with Gasteiger partial charge in [-0.1, -0.05) is 13.8 Å². The first-order valence-corrected chi connectivity index (χ1v) is 6.57. The van der Waals surface area contributed by atoms with Crippen molar-refractivity contribution in [1.29, 1.82) is 0 Å². The summed E-state index contributed by atoms with van der Waals surface area (Å²) in [4.78, 5) is 4.79. The predicted molar refractivity (Wildman–Crippen MR) is 65.4 cm³/mol. The molecule has 0 amide bonds. The van der Waals surface area contributed by atoms with Crippen molar-refractivity contribution >= 4 is 11.3 Å². The first-order chi connectivity index (χ1) is 6.98. The molecule has 15 heavy (non-hydrogen) atoms. The second-order valence-electron chi connectivity index (χ2n) is 5.25. The van der Waals surface area contributed by atoms with E-state index in [1.54, 1.807) is 0 Å². The van der Waals surface area contributed by atoms with Crippen LogP contribution in [0.15, 0.2) is 5.38 Å². The lowest BCUT2D eigenvalue weighted by atomic mass is 10.0. The quantitative estimate of drug-likeness (QED) is 0.850. The lowest BCUT2D eigenvalue weighted by Gasteiger charge is -2.23. The van der Waals surface area contributed by atoms with E-state index in [1.165, 1.54) is 23.5 Å². The van der Waals surface area contributed by atoms with Crippen molar-refractivity contribution < 1.29 is 0 Å². The smallest absolute Gasteiger partial charge is 0.0988 e. The van der Waals surface area contributed by atoms with Gasteiger partial charge in [-0.25, -0.2) is 4.98 Å². The molecule has 1 aromatic rings. The van der Waals surface area contributed by atoms with Gasteiger partial charge in [0.2, 0.25) is 0 Å². The fourth-order valence-electron chi connectivity index (χ4n) is 1.77. The largest absolute Gasteiger partial charge is 0.307 e. The van der Waals surface area contributed by atoms with Crippen LogP contribution in [0.25, 0.3) is 0 Å². The lowest BCUT2D eigenvalue weighted by molar-refractivity contribution is 0.405. The molecule has 0 aromatic carbocycles. The topological polar surface area (TPSA) is 24.9 Å². The molecular formula is C12H20N2S. The Hall–Kier alpha value is -0.410. The van der Waals surface area contributed by atoms with Crippen molar-refractivity contribution in [3.05, 3.63) is 16.1 Å². The van der Waals surface area contributed by atoms with E-state index < -0.39 is 0 Å². The number of aromatic nitrogens is 1. The standard InChI is InChI=1S/C12H20N2S/c1-5-13-11(2,3)9-8-15-10(14-9)12(4)6-7-12/h8,13H,5-7H2,1-4H3. The molecule has 1 aliphatic carbocycles. The van der Waals surface area contributed by atoms with Gasteiger partial charge in [0.15, 0.2) is 0 Å². The highest BCUT2D eigenvalue weighted by molar-refractivity contribution is 7.09. The number of hydrogen-bond donors (Lipinski definition) is 1. The Morgan fingerprint density at radius 2 is 2.20 bits per heavy atom. The van der Waals surface area contributed by atoms with Crippen LogP contribution in [0.1, 0.15) is 51.2 Å². The summed E-state index contributed by atoms with van der Waals surface area (Å²) in [6, 6.07) is 0. The lowest BCUT2D eigenvalue weighted by Crippen LogP contribution is -2.36. The van der Waals surface area contributed by atoms with Crippen LogP contribution in [-0.2, 0) is 11.0 Å². The molecule has 1 fully saturated rings. The van der Waals surface area contributed by atoms with Crippen LogP contribution in [0.4, 0.5) is 0 Å². The highest BCUT2D eigenvalue weighted by atomic mass is 32.1. The van der Waals surface area contributed by atoms with Gasteiger partial charge in [-0.3, -0.25) is 0 Å². The molecule has 0 unspecified atom stereocenters. The first-order valence-electron chi connectivity index (χ1n) is 5.69. The molecule has 0 saturated heterocycles. The van der Waals surface area contributed by atoms with Crippen molar-refractivity contribution in [2.45, 2.75) is 51.5 Å². The fourth-order valence-corrected chi connectivity index (χ4v) is 2.98. The van der Waals surface area contributed by atoms with Gasteiger partial charge in [0.05, 0.1) is 16.2 Å². The Balaban J connectivity index is 2.19. The van der Waals surface area contributed by atoms with Crippen LogP contribution >= 0.6 is 11.3 Å². The van der Waals surface area contributed by atoms with Crippen LogP contribution in [-0.4, -0.2) is 11.5 Å². The minimum atomic E-state index is 0.00868. The van der Waals surface area contributed by atoms with Crippen LogP contribution in [0.5, 0.6) is 0 Å². The molecule has 0 bridgehead atoms. The predicted octanol–water partition coefficient (Wildman–Crippen LogP) is 3.04. The minimum absolute atomic E-state index is 0.00868. The molecule has 0 aliphatic heterocycles. The summed E-state index contributed by atoms with van der Waals surface area (Å²) in [7, 11) is 0. The zero-order valence-electron chi connectivity index (χ0n) is 10.1. The molecular weight excluding hydrogens is 204 g/mol. The van der Waals surface area contributed by atoms with Gasteiger partial charge in [-0.15, -0.1) is 11.3 Å². The van der Waals surface area contributed by atoms with Gasteiger partial charge in [0, 0.05) is 10.8 Å². The average Bonchev–Trinajstić information content (AvgIpc) is 2.72. The average molecular weight is 224 g/mol. The van der Waals surface area contributed by atoms with E-state index in [-0.39, 0.29) is 5.54 Å². The van der Waals surface area contributed by atoms with Crippen molar-refractivity contribution in [2.24, 2.45) is 0 Å². The summed E-state index contributed by atoms with van der Waals surface area (Å²) in [6.07, 6.45) is 2.61. The normalized spacial score (nSPS) is 19.2. The van der Waals surface area contributed by atoms with Crippen LogP contribution in [0.3, 0.4) is 0 Å². The molecule has 0 spiro atoms. The third-order valence-electron chi connectivity index (χ3n) is 3.28. The van der Waals surface area contributed by atoms with Gasteiger partial charge in [0.1, 0.15) is 0 Å². The Morgan fingerprint density at radius 1 is 1.53 bits per heavy atom. The Morgan fingerprint density at radius 3 is 2.73 bits per heavy atom. The van der Waals surface area contributed by atoms with Gasteiger partial charge >= 0.3 is 0 Å². The van der Waals surface area contributed by atoms with E-state index in [2.05, 4.69) is 38.4 Å². The second kappa shape index (κ2) is 3.56. The molecule has 1 aromatic heterocycles. The molecule has 1 heterocycles. The third kappa shape index (κ3) is 2.08. The SMILES string of the molecule is CCNC(C)(C)c1csc(C2(C)CC2)n1. The molecule has 1 saturated carbocycles. The summed E-state index contributed by atoms with van der Waals surface area (Å²) in [6.45, 7) is 9.83. The highest BCUT2D eigenvalue weighted by Gasteiger charge is 2.42. The van der Waals surface area contributed by atoms with Gasteiger partial charge in [-0.05, 0) is 33.2 Å². The van der Waals surface area contributed by atoms with E-state index >= 15 is 0 Å². The summed E-state index contributed by atoms with van der Waals surface area (Å²) >= 11 is 1.82. The molecule has 1 aliphatic rings. The van der Waals surface area contributed by atoms with Gasteiger partial charge in [-0.2, -0.15) is 0 Å². The number of hydrogen-bond acceptors (Lipinski definition) is 3. The summed E-state index contributed by atoms with van der Waals surface area (Å²) in [5.41, 5.74) is 1.61. The van der Waals surface area contributed by atoms with E-state index in [9.17, 15) is 0 Å². The maximum atomic E-state index is 4.79. The third-order valence-corrected chi connectivity index (χ3v) is 4.43. The number of thiazole rings is 1. The van der Waals surface area contributed by atoms with Crippen molar-refractivity contribution in [1.82, 2.24) is 10.3 Å². The monoisotopic (exact) mass is 224 g/mol. The zero-order chi connectivity index (χ0) is 11.1. The molecule has 0 atom stereocenters. The van der Waals surface area contributed by atoms with Crippen molar-refractivity contribution in [2.75, 3.05) is 6.54 Å².